The first kappa shape index (κ1) is 21.9. The molecule has 0 N–H and O–H groups in total. The van der Waals surface area contributed by atoms with E-state index in [1.165, 1.54) is 11.6 Å². The summed E-state index contributed by atoms with van der Waals surface area (Å²) in [5.41, 5.74) is 2.00. The molecular weight excluding hydrogens is 404 g/mol. The van der Waals surface area contributed by atoms with Crippen LogP contribution in [-0.2, 0) is 17.8 Å². The second-order valence-electron chi connectivity index (χ2n) is 8.41. The summed E-state index contributed by atoms with van der Waals surface area (Å²) < 4.78 is 12.6. The Bertz CT molecular complexity index is 1120. The summed E-state index contributed by atoms with van der Waals surface area (Å²) in [6.07, 6.45) is 5.80. The van der Waals surface area contributed by atoms with E-state index in [1.807, 2.05) is 39.8 Å². The predicted octanol–water partition coefficient (Wildman–Crippen LogP) is 3.89. The zero-order valence-electron chi connectivity index (χ0n) is 18.8. The van der Waals surface area contributed by atoms with Gasteiger partial charge in [0.05, 0.1) is 19.7 Å². The van der Waals surface area contributed by atoms with Gasteiger partial charge in [0.15, 0.2) is 5.43 Å². The molecule has 32 heavy (non-hydrogen) atoms. The number of amides is 1. The van der Waals surface area contributed by atoms with E-state index in [0.717, 1.165) is 55.8 Å². The minimum Gasteiger partial charge on any atom is -0.497 e. The lowest BCUT2D eigenvalue weighted by atomic mass is 9.90. The number of carbonyl (C=O) groups is 1. The van der Waals surface area contributed by atoms with E-state index in [2.05, 4.69) is 12.1 Å². The highest BCUT2D eigenvalue weighted by Gasteiger charge is 2.23. The summed E-state index contributed by atoms with van der Waals surface area (Å²) in [4.78, 5) is 26.9. The van der Waals surface area contributed by atoms with Crippen LogP contribution < -0.4 is 14.9 Å². The third-order valence-electron chi connectivity index (χ3n) is 6.41. The van der Waals surface area contributed by atoms with Crippen molar-refractivity contribution >= 4 is 16.8 Å². The highest BCUT2D eigenvalue weighted by molar-refractivity contribution is 5.82. The average Bonchev–Trinajstić information content (AvgIpc) is 2.84. The van der Waals surface area contributed by atoms with Crippen LogP contribution in [0.3, 0.4) is 0 Å². The van der Waals surface area contributed by atoms with Gasteiger partial charge in [0.25, 0.3) is 0 Å². The zero-order chi connectivity index (χ0) is 22.5. The standard InChI is InChI=1S/C26H30N2O4/c1-31-21-15-20(16-22(17-21)32-2)8-7-19-9-12-27(13-10-19)26(30)18-28-14-11-25(29)23-5-3-4-6-24(23)28/h3-6,11,14-17,19H,7-10,12-13,18H2,1-2H3. The predicted molar refractivity (Wildman–Crippen MR) is 125 cm³/mol. The van der Waals surface area contributed by atoms with Crippen LogP contribution in [0.1, 0.15) is 24.8 Å². The van der Waals surface area contributed by atoms with Gasteiger partial charge in [-0.25, -0.2) is 0 Å². The van der Waals surface area contributed by atoms with E-state index in [0.29, 0.717) is 11.3 Å². The summed E-state index contributed by atoms with van der Waals surface area (Å²) in [5.74, 6) is 2.34. The molecule has 1 aliphatic rings. The molecule has 6 nitrogen and oxygen atoms in total. The van der Waals surface area contributed by atoms with E-state index in [9.17, 15) is 9.59 Å². The molecular formula is C26H30N2O4. The third-order valence-corrected chi connectivity index (χ3v) is 6.41. The first-order chi connectivity index (χ1) is 15.6. The third kappa shape index (κ3) is 4.96. The minimum atomic E-state index is -0.0150. The molecule has 0 aliphatic carbocycles. The largest absolute Gasteiger partial charge is 0.497 e. The topological polar surface area (TPSA) is 60.8 Å². The molecule has 2 heterocycles. The fraction of sp³-hybridized carbons (Fsp3) is 0.385. The fourth-order valence-electron chi connectivity index (χ4n) is 4.50. The Balaban J connectivity index is 1.32. The van der Waals surface area contributed by atoms with Crippen LogP contribution in [0, 0.1) is 5.92 Å². The molecule has 1 aromatic heterocycles. The van der Waals surface area contributed by atoms with Crippen LogP contribution in [0.4, 0.5) is 0 Å². The number of ether oxygens (including phenoxy) is 2. The van der Waals surface area contributed by atoms with Crippen molar-refractivity contribution in [1.29, 1.82) is 0 Å². The number of methoxy groups -OCH3 is 2. The number of pyridine rings is 1. The molecule has 1 aliphatic heterocycles. The van der Waals surface area contributed by atoms with Crippen LogP contribution in [0.25, 0.3) is 10.9 Å². The Morgan fingerprint density at radius 1 is 1.00 bits per heavy atom. The van der Waals surface area contributed by atoms with Crippen molar-refractivity contribution in [3.63, 3.8) is 0 Å². The van der Waals surface area contributed by atoms with Gasteiger partial charge >= 0.3 is 0 Å². The second-order valence-corrected chi connectivity index (χ2v) is 8.41. The summed E-state index contributed by atoms with van der Waals surface area (Å²) in [6, 6.07) is 15.0. The quantitative estimate of drug-likeness (QED) is 0.566. The molecule has 168 valence electrons. The molecule has 0 radical (unpaired) electrons. The van der Waals surface area contributed by atoms with E-state index < -0.39 is 0 Å². The van der Waals surface area contributed by atoms with Crippen molar-refractivity contribution in [2.24, 2.45) is 5.92 Å². The first-order valence-electron chi connectivity index (χ1n) is 11.2. The summed E-state index contributed by atoms with van der Waals surface area (Å²) >= 11 is 0. The maximum atomic E-state index is 12.9. The number of benzene rings is 2. The van der Waals surface area contributed by atoms with Gasteiger partial charge < -0.3 is 18.9 Å². The number of carbonyl (C=O) groups excluding carboxylic acids is 1. The lowest BCUT2D eigenvalue weighted by molar-refractivity contribution is -0.133. The van der Waals surface area contributed by atoms with Gasteiger partial charge in [-0.1, -0.05) is 12.1 Å². The van der Waals surface area contributed by atoms with Crippen molar-refractivity contribution < 1.29 is 14.3 Å². The Morgan fingerprint density at radius 2 is 1.69 bits per heavy atom. The SMILES string of the molecule is COc1cc(CCC2CCN(C(=O)Cn3ccc(=O)c4ccccc43)CC2)cc(OC)c1. The zero-order valence-corrected chi connectivity index (χ0v) is 18.8. The molecule has 6 heteroatoms. The normalized spacial score (nSPS) is 14.5. The van der Waals surface area contributed by atoms with Crippen molar-refractivity contribution in [1.82, 2.24) is 9.47 Å². The summed E-state index contributed by atoms with van der Waals surface area (Å²) in [6.45, 7) is 1.82. The molecule has 1 amide bonds. The highest BCUT2D eigenvalue weighted by Crippen LogP contribution is 2.27. The van der Waals surface area contributed by atoms with Gasteiger partial charge in [0.2, 0.25) is 5.91 Å². The maximum Gasteiger partial charge on any atom is 0.242 e. The number of likely N-dealkylation sites (tertiary alicyclic amines) is 1. The number of hydrogen-bond acceptors (Lipinski definition) is 4. The second kappa shape index (κ2) is 9.90. The van der Waals surface area contributed by atoms with Gasteiger partial charge in [-0.2, -0.15) is 0 Å². The molecule has 3 aromatic rings. The highest BCUT2D eigenvalue weighted by atomic mass is 16.5. The number of rotatable bonds is 7. The van der Waals surface area contributed by atoms with Crippen LogP contribution in [-0.4, -0.2) is 42.7 Å². The number of aromatic nitrogens is 1. The number of para-hydroxylation sites is 1. The van der Waals surface area contributed by atoms with Crippen LogP contribution >= 0.6 is 0 Å². The van der Waals surface area contributed by atoms with Crippen LogP contribution in [0.2, 0.25) is 0 Å². The Labute approximate surface area is 188 Å². The average molecular weight is 435 g/mol. The van der Waals surface area contributed by atoms with E-state index >= 15 is 0 Å². The molecule has 0 saturated carbocycles. The number of hydrogen-bond donors (Lipinski definition) is 0. The molecule has 1 fully saturated rings. The van der Waals surface area contributed by atoms with E-state index in [1.54, 1.807) is 20.4 Å². The first-order valence-corrected chi connectivity index (χ1v) is 11.2. The van der Waals surface area contributed by atoms with Gasteiger partial charge in [-0.05, 0) is 61.4 Å². The smallest absolute Gasteiger partial charge is 0.242 e. The van der Waals surface area contributed by atoms with Crippen molar-refractivity contribution in [3.8, 4) is 11.5 Å². The minimum absolute atomic E-state index is 0.0150. The monoisotopic (exact) mass is 434 g/mol. The van der Waals surface area contributed by atoms with Gasteiger partial charge in [0, 0.05) is 36.8 Å². The summed E-state index contributed by atoms with van der Waals surface area (Å²) in [5, 5.41) is 0.649. The molecule has 4 rings (SSSR count). The Morgan fingerprint density at radius 3 is 2.38 bits per heavy atom. The fourth-order valence-corrected chi connectivity index (χ4v) is 4.50. The number of nitrogens with zero attached hydrogens (tertiary/aromatic N) is 2. The van der Waals surface area contributed by atoms with E-state index in [-0.39, 0.29) is 17.9 Å². The van der Waals surface area contributed by atoms with Gasteiger partial charge in [-0.3, -0.25) is 9.59 Å². The lowest BCUT2D eigenvalue weighted by Crippen LogP contribution is -2.40. The summed E-state index contributed by atoms with van der Waals surface area (Å²) in [7, 11) is 3.34. The number of piperidine rings is 1. The van der Waals surface area contributed by atoms with E-state index in [4.69, 9.17) is 9.47 Å². The Kier molecular flexibility index (Phi) is 6.78. The van der Waals surface area contributed by atoms with Crippen LogP contribution in [0.15, 0.2) is 59.5 Å². The lowest BCUT2D eigenvalue weighted by Gasteiger charge is -2.32. The maximum absolute atomic E-state index is 12.9. The van der Waals surface area contributed by atoms with Crippen LogP contribution in [0.5, 0.6) is 11.5 Å². The van der Waals surface area contributed by atoms with Gasteiger partial charge in [0.1, 0.15) is 18.0 Å². The van der Waals surface area contributed by atoms with Crippen molar-refractivity contribution in [2.75, 3.05) is 27.3 Å². The molecule has 1 saturated heterocycles. The van der Waals surface area contributed by atoms with Gasteiger partial charge in [-0.15, -0.1) is 0 Å². The molecule has 0 atom stereocenters. The number of aryl methyl sites for hydroxylation is 1. The molecule has 0 unspecified atom stereocenters. The number of fused-ring (bicyclic) bond motifs is 1. The van der Waals surface area contributed by atoms with Crippen molar-refractivity contribution in [3.05, 3.63) is 70.5 Å². The molecule has 0 spiro atoms. The van der Waals surface area contributed by atoms with Crippen molar-refractivity contribution in [2.45, 2.75) is 32.2 Å². The molecule has 2 aromatic carbocycles. The molecule has 0 bridgehead atoms. The Hall–Kier alpha value is -3.28.